The Morgan fingerprint density at radius 1 is 0.590 bits per heavy atom. The van der Waals surface area contributed by atoms with Crippen LogP contribution in [0.15, 0.2) is 97.2 Å². The number of carbonyl (C=O) groups excluding carboxylic acids is 1. The van der Waals surface area contributed by atoms with Crippen LogP contribution >= 0.6 is 7.82 Å². The largest absolute Gasteiger partial charge is 0.756 e. The summed E-state index contributed by atoms with van der Waals surface area (Å²) in [6.07, 6.45) is 60.3. The fraction of sp³-hybridized carbons (Fsp3) is 0.673. The summed E-state index contributed by atoms with van der Waals surface area (Å²) >= 11 is 0. The molecule has 0 saturated heterocycles. The van der Waals surface area contributed by atoms with E-state index < -0.39 is 26.6 Å². The number of nitrogens with one attached hydrogen (secondary N) is 1. The second-order valence-electron chi connectivity index (χ2n) is 17.1. The minimum absolute atomic E-state index is 0.0155. The number of quaternary nitrogens is 1. The van der Waals surface area contributed by atoms with Gasteiger partial charge in [0.15, 0.2) is 0 Å². The van der Waals surface area contributed by atoms with E-state index in [0.29, 0.717) is 17.4 Å². The number of rotatable bonds is 42. The van der Waals surface area contributed by atoms with Gasteiger partial charge in [0.05, 0.1) is 39.9 Å². The lowest BCUT2D eigenvalue weighted by Crippen LogP contribution is -2.45. The minimum Gasteiger partial charge on any atom is -0.756 e. The highest BCUT2D eigenvalue weighted by Crippen LogP contribution is 2.38. The van der Waals surface area contributed by atoms with Crippen LogP contribution in [0.1, 0.15) is 174 Å². The first-order valence-electron chi connectivity index (χ1n) is 24.1. The van der Waals surface area contributed by atoms with Crippen LogP contribution in [0.4, 0.5) is 0 Å². The Hall–Kier alpha value is -2.58. The molecule has 61 heavy (non-hydrogen) atoms. The van der Waals surface area contributed by atoms with Crippen molar-refractivity contribution < 1.29 is 32.9 Å². The summed E-state index contributed by atoms with van der Waals surface area (Å²) < 4.78 is 23.2. The number of amides is 1. The third-order valence-corrected chi connectivity index (χ3v) is 11.0. The smallest absolute Gasteiger partial charge is 0.268 e. The number of carbonyl (C=O) groups is 1. The molecule has 0 heterocycles. The number of hydrogen-bond donors (Lipinski definition) is 2. The van der Waals surface area contributed by atoms with Gasteiger partial charge in [0.25, 0.3) is 7.82 Å². The molecule has 3 unspecified atom stereocenters. The molecule has 0 aliphatic rings. The van der Waals surface area contributed by atoms with E-state index in [-0.39, 0.29) is 12.5 Å². The summed E-state index contributed by atoms with van der Waals surface area (Å²) in [4.78, 5) is 25.4. The molecule has 0 radical (unpaired) electrons. The van der Waals surface area contributed by atoms with Gasteiger partial charge in [0.1, 0.15) is 13.2 Å². The lowest BCUT2D eigenvalue weighted by atomic mass is 10.1. The molecular formula is C52H91N2O6P. The first-order chi connectivity index (χ1) is 29.5. The highest BCUT2D eigenvalue weighted by Gasteiger charge is 2.23. The molecule has 3 atom stereocenters. The molecule has 0 aromatic rings. The second-order valence-corrected chi connectivity index (χ2v) is 18.5. The first-order valence-corrected chi connectivity index (χ1v) is 25.6. The molecule has 9 heteroatoms. The van der Waals surface area contributed by atoms with Gasteiger partial charge in [0.2, 0.25) is 5.91 Å². The van der Waals surface area contributed by atoms with Crippen LogP contribution in [0.5, 0.6) is 0 Å². The van der Waals surface area contributed by atoms with Crippen molar-refractivity contribution in [2.45, 2.75) is 187 Å². The van der Waals surface area contributed by atoms with E-state index in [2.05, 4.69) is 104 Å². The van der Waals surface area contributed by atoms with E-state index in [4.69, 9.17) is 9.05 Å². The van der Waals surface area contributed by atoms with Crippen molar-refractivity contribution in [3.63, 3.8) is 0 Å². The Kier molecular flexibility index (Phi) is 40.9. The Bertz CT molecular complexity index is 1310. The number of allylic oxidation sites excluding steroid dienone is 15. The lowest BCUT2D eigenvalue weighted by Gasteiger charge is -2.29. The zero-order chi connectivity index (χ0) is 45.0. The SMILES string of the molecule is CC/C=C\C/C=C\C/C=C\C/C=C\C/C=C\CCCCCCCCCCCC(=O)NC(COP(=O)([O-])OCC[N+](C)(C)C)C(O)/C=C/CC/C=C/CC/C=C/CCCCCC. The van der Waals surface area contributed by atoms with Crippen molar-refractivity contribution in [1.29, 1.82) is 0 Å². The summed E-state index contributed by atoms with van der Waals surface area (Å²) in [6, 6.07) is -0.918. The number of nitrogens with zero attached hydrogens (tertiary/aromatic N) is 1. The molecule has 0 aromatic carbocycles. The van der Waals surface area contributed by atoms with Gasteiger partial charge in [-0.1, -0.05) is 175 Å². The maximum Gasteiger partial charge on any atom is 0.268 e. The van der Waals surface area contributed by atoms with Crippen LogP contribution in [-0.2, 0) is 18.4 Å². The Morgan fingerprint density at radius 2 is 1.02 bits per heavy atom. The van der Waals surface area contributed by atoms with Crippen molar-refractivity contribution in [3.05, 3.63) is 97.2 Å². The summed E-state index contributed by atoms with van der Waals surface area (Å²) in [5.74, 6) is -0.224. The predicted octanol–water partition coefficient (Wildman–Crippen LogP) is 13.3. The number of likely N-dealkylation sites (N-methyl/N-ethyl adjacent to an activating group) is 1. The molecule has 2 N–H and O–H groups in total. The maximum absolute atomic E-state index is 12.9. The number of phosphoric acid groups is 1. The van der Waals surface area contributed by atoms with Crippen LogP contribution in [0, 0.1) is 0 Å². The number of unbranched alkanes of at least 4 members (excludes halogenated alkanes) is 15. The van der Waals surface area contributed by atoms with Gasteiger partial charge in [-0.05, 0) is 89.9 Å². The highest BCUT2D eigenvalue weighted by atomic mass is 31.2. The first kappa shape index (κ1) is 58.4. The molecule has 0 fully saturated rings. The van der Waals surface area contributed by atoms with Crippen LogP contribution < -0.4 is 10.2 Å². The molecule has 0 aliphatic carbocycles. The molecule has 0 rings (SSSR count). The minimum atomic E-state index is -4.61. The molecular weight excluding hydrogens is 780 g/mol. The average Bonchev–Trinajstić information content (AvgIpc) is 3.21. The predicted molar refractivity (Wildman–Crippen MR) is 260 cm³/mol. The molecule has 0 aromatic heterocycles. The van der Waals surface area contributed by atoms with Crippen LogP contribution in [0.25, 0.3) is 0 Å². The fourth-order valence-electron chi connectivity index (χ4n) is 6.21. The van der Waals surface area contributed by atoms with Crippen LogP contribution in [0.3, 0.4) is 0 Å². The van der Waals surface area contributed by atoms with Crippen molar-refractivity contribution in [1.82, 2.24) is 5.32 Å². The Morgan fingerprint density at radius 3 is 1.52 bits per heavy atom. The fourth-order valence-corrected chi connectivity index (χ4v) is 6.93. The summed E-state index contributed by atoms with van der Waals surface area (Å²) in [6.45, 7) is 4.45. The quantitative estimate of drug-likeness (QED) is 0.0274. The van der Waals surface area contributed by atoms with Gasteiger partial charge in [0, 0.05) is 6.42 Å². The molecule has 0 aliphatic heterocycles. The van der Waals surface area contributed by atoms with Gasteiger partial charge in [-0.15, -0.1) is 0 Å². The topological polar surface area (TPSA) is 108 Å². The highest BCUT2D eigenvalue weighted by molar-refractivity contribution is 7.45. The summed E-state index contributed by atoms with van der Waals surface area (Å²) in [5.41, 5.74) is 0. The average molecular weight is 871 g/mol. The standard InChI is InChI=1S/C52H91N2O6P/c1-6-8-10-12-14-16-18-20-22-23-24-25-26-27-28-29-30-31-32-34-36-38-40-42-44-46-52(56)53-50(49-60-61(57,58)59-48-47-54(3,4)5)51(55)45-43-41-39-37-35-33-21-19-17-15-13-11-9-7-2/h8,10,14,16-17,19-20,22,24-25,27-28,35,37,43,45,50-51,55H,6-7,9,11-13,15,18,21,23,26,29-34,36,38-42,44,46-49H2,1-5H3,(H-,53,56,57,58)/b10-8-,16-14-,19-17+,22-20-,25-24-,28-27-,37-35+,45-43+. The van der Waals surface area contributed by atoms with Crippen molar-refractivity contribution in [2.24, 2.45) is 0 Å². The molecule has 0 bridgehead atoms. The van der Waals surface area contributed by atoms with Crippen LogP contribution in [-0.4, -0.2) is 68.5 Å². The van der Waals surface area contributed by atoms with E-state index in [1.165, 1.54) is 57.8 Å². The Balaban J connectivity index is 4.37. The van der Waals surface area contributed by atoms with E-state index in [0.717, 1.165) is 96.3 Å². The number of hydrogen-bond acceptors (Lipinski definition) is 6. The van der Waals surface area contributed by atoms with Crippen molar-refractivity contribution in [2.75, 3.05) is 40.9 Å². The number of aliphatic hydroxyl groups is 1. The van der Waals surface area contributed by atoms with Crippen molar-refractivity contribution >= 4 is 13.7 Å². The zero-order valence-corrected chi connectivity index (χ0v) is 40.5. The van der Waals surface area contributed by atoms with Gasteiger partial charge in [-0.25, -0.2) is 0 Å². The van der Waals surface area contributed by atoms with Gasteiger partial charge in [-0.2, -0.15) is 0 Å². The van der Waals surface area contributed by atoms with Crippen molar-refractivity contribution in [3.8, 4) is 0 Å². The normalized spacial score (nSPS) is 15.1. The second kappa shape index (κ2) is 42.7. The summed E-state index contributed by atoms with van der Waals surface area (Å²) in [7, 11) is 1.21. The van der Waals surface area contributed by atoms with Crippen LogP contribution in [0.2, 0.25) is 0 Å². The molecule has 350 valence electrons. The molecule has 1 amide bonds. The van der Waals surface area contributed by atoms with E-state index in [9.17, 15) is 19.4 Å². The van der Waals surface area contributed by atoms with Gasteiger partial charge < -0.3 is 28.8 Å². The number of phosphoric ester groups is 1. The van der Waals surface area contributed by atoms with E-state index >= 15 is 0 Å². The molecule has 8 nitrogen and oxygen atoms in total. The molecule has 0 saturated carbocycles. The summed E-state index contributed by atoms with van der Waals surface area (Å²) in [5, 5.41) is 13.8. The zero-order valence-electron chi connectivity index (χ0n) is 39.6. The maximum atomic E-state index is 12.9. The monoisotopic (exact) mass is 871 g/mol. The third kappa shape index (κ3) is 45.3. The Labute approximate surface area is 375 Å². The van der Waals surface area contributed by atoms with E-state index in [1.807, 2.05) is 27.2 Å². The number of aliphatic hydroxyl groups excluding tert-OH is 1. The third-order valence-electron chi connectivity index (χ3n) is 10.0. The van der Waals surface area contributed by atoms with E-state index in [1.54, 1.807) is 6.08 Å². The molecule has 0 spiro atoms. The lowest BCUT2D eigenvalue weighted by molar-refractivity contribution is -0.870. The van der Waals surface area contributed by atoms with Gasteiger partial charge in [-0.3, -0.25) is 9.36 Å². The van der Waals surface area contributed by atoms with Gasteiger partial charge >= 0.3 is 0 Å².